The average molecular weight is 729 g/mol. The summed E-state index contributed by atoms with van der Waals surface area (Å²) in [5.74, 6) is 0. The highest BCUT2D eigenvalue weighted by Crippen LogP contribution is 2.43. The minimum atomic E-state index is 0.875. The van der Waals surface area contributed by atoms with Gasteiger partial charge in [-0.2, -0.15) is 0 Å². The van der Waals surface area contributed by atoms with Crippen LogP contribution in [-0.2, 0) is 0 Å². The van der Waals surface area contributed by atoms with Crippen LogP contribution in [0.1, 0.15) is 0 Å². The fourth-order valence-corrected chi connectivity index (χ4v) is 8.52. The number of furan rings is 1. The quantitative estimate of drug-likeness (QED) is 0.163. The molecule has 9 aromatic carbocycles. The zero-order chi connectivity index (χ0) is 37.7. The number of fused-ring (bicyclic) bond motifs is 6. The van der Waals surface area contributed by atoms with Gasteiger partial charge in [0.25, 0.3) is 0 Å². The summed E-state index contributed by atoms with van der Waals surface area (Å²) >= 11 is 0. The van der Waals surface area contributed by atoms with Gasteiger partial charge in [0.1, 0.15) is 11.2 Å². The van der Waals surface area contributed by atoms with E-state index in [1.165, 1.54) is 38.5 Å². The summed E-state index contributed by atoms with van der Waals surface area (Å²) in [7, 11) is 0. The van der Waals surface area contributed by atoms with E-state index in [2.05, 4.69) is 216 Å². The molecule has 0 amide bonds. The second-order valence-corrected chi connectivity index (χ2v) is 14.5. The van der Waals surface area contributed by atoms with Crippen molar-refractivity contribution in [2.45, 2.75) is 0 Å². The van der Waals surface area contributed by atoms with Crippen LogP contribution >= 0.6 is 0 Å². The maximum Gasteiger partial charge on any atom is 0.135 e. The Morgan fingerprint density at radius 1 is 0.316 bits per heavy atom. The van der Waals surface area contributed by atoms with Crippen molar-refractivity contribution in [3.63, 3.8) is 0 Å². The molecule has 0 spiro atoms. The highest BCUT2D eigenvalue weighted by Gasteiger charge is 2.19. The van der Waals surface area contributed by atoms with E-state index in [0.717, 1.165) is 61.4 Å². The van der Waals surface area contributed by atoms with E-state index < -0.39 is 0 Å². The second-order valence-electron chi connectivity index (χ2n) is 14.5. The lowest BCUT2D eigenvalue weighted by Crippen LogP contribution is -2.10. The third kappa shape index (κ3) is 5.68. The van der Waals surface area contributed by atoms with Crippen LogP contribution in [0.2, 0.25) is 0 Å². The Morgan fingerprint density at radius 2 is 0.842 bits per heavy atom. The van der Waals surface area contributed by atoms with Gasteiger partial charge in [-0.3, -0.25) is 0 Å². The van der Waals surface area contributed by atoms with Crippen LogP contribution in [0.4, 0.5) is 17.1 Å². The zero-order valence-electron chi connectivity index (χ0n) is 31.1. The van der Waals surface area contributed by atoms with Crippen LogP contribution in [0, 0.1) is 0 Å². The van der Waals surface area contributed by atoms with Gasteiger partial charge in [-0.15, -0.1) is 0 Å². The number of rotatable bonds is 7. The first kappa shape index (κ1) is 32.8. The Kier molecular flexibility index (Phi) is 7.82. The summed E-state index contributed by atoms with van der Waals surface area (Å²) in [6, 6.07) is 78.3. The first-order chi connectivity index (χ1) is 28.3. The van der Waals surface area contributed by atoms with Gasteiger partial charge in [0.2, 0.25) is 0 Å². The van der Waals surface area contributed by atoms with Crippen molar-refractivity contribution in [3.05, 3.63) is 218 Å². The standard InChI is InChI=1S/C54H36N2O/c1-3-15-37(16-4-1)40-33-41(38-17-5-2-6-18-38)35-44(34-40)55(43-31-32-54-49(36-43)48-22-10-14-26-53(48)57-54)42-29-27-39(28-30-42)45-19-7-11-23-50(45)56-51-24-12-8-20-46(51)47-21-9-13-25-52(47)56/h1-36H. The third-order valence-electron chi connectivity index (χ3n) is 11.2. The lowest BCUT2D eigenvalue weighted by Gasteiger charge is -2.27. The van der Waals surface area contributed by atoms with Crippen LogP contribution in [0.3, 0.4) is 0 Å². The van der Waals surface area contributed by atoms with E-state index in [-0.39, 0.29) is 0 Å². The van der Waals surface area contributed by atoms with Gasteiger partial charge in [0, 0.05) is 44.2 Å². The van der Waals surface area contributed by atoms with Crippen molar-refractivity contribution in [2.24, 2.45) is 0 Å². The average Bonchev–Trinajstić information content (AvgIpc) is 3.83. The molecule has 0 N–H and O–H groups in total. The second kappa shape index (κ2) is 13.6. The van der Waals surface area contributed by atoms with E-state index in [1.54, 1.807) is 0 Å². The molecule has 0 fully saturated rings. The van der Waals surface area contributed by atoms with E-state index in [1.807, 2.05) is 12.1 Å². The fraction of sp³-hybridized carbons (Fsp3) is 0. The number of aromatic nitrogens is 1. The van der Waals surface area contributed by atoms with Crippen molar-refractivity contribution in [1.82, 2.24) is 4.57 Å². The molecule has 11 aromatic rings. The smallest absolute Gasteiger partial charge is 0.135 e. The highest BCUT2D eigenvalue weighted by molar-refractivity contribution is 6.10. The van der Waals surface area contributed by atoms with Gasteiger partial charge in [0.15, 0.2) is 0 Å². The number of benzene rings is 9. The van der Waals surface area contributed by atoms with Crippen LogP contribution in [0.25, 0.3) is 82.8 Å². The van der Waals surface area contributed by atoms with Gasteiger partial charge in [0.05, 0.1) is 16.7 Å². The minimum absolute atomic E-state index is 0.875. The molecule has 0 aliphatic rings. The lowest BCUT2D eigenvalue weighted by molar-refractivity contribution is 0.669. The lowest BCUT2D eigenvalue weighted by atomic mass is 9.97. The number of hydrogen-bond donors (Lipinski definition) is 0. The number of nitrogens with zero attached hydrogens (tertiary/aromatic N) is 2. The molecule has 0 aliphatic carbocycles. The summed E-state index contributed by atoms with van der Waals surface area (Å²) in [6.07, 6.45) is 0. The summed E-state index contributed by atoms with van der Waals surface area (Å²) in [5, 5.41) is 4.70. The van der Waals surface area contributed by atoms with E-state index in [9.17, 15) is 0 Å². The molecule has 57 heavy (non-hydrogen) atoms. The Bertz CT molecular complexity index is 3120. The molecule has 3 heteroatoms. The van der Waals surface area contributed by atoms with Crippen LogP contribution < -0.4 is 4.90 Å². The molecular formula is C54H36N2O. The molecule has 0 atom stereocenters. The van der Waals surface area contributed by atoms with Gasteiger partial charge in [-0.25, -0.2) is 0 Å². The van der Waals surface area contributed by atoms with E-state index in [0.29, 0.717) is 0 Å². The van der Waals surface area contributed by atoms with Crippen molar-refractivity contribution in [2.75, 3.05) is 4.90 Å². The number of anilines is 3. The molecule has 0 aliphatic heterocycles. The monoisotopic (exact) mass is 728 g/mol. The van der Waals surface area contributed by atoms with E-state index in [4.69, 9.17) is 4.42 Å². The fourth-order valence-electron chi connectivity index (χ4n) is 8.52. The molecule has 0 saturated carbocycles. The summed E-state index contributed by atoms with van der Waals surface area (Å²) in [4.78, 5) is 2.38. The SMILES string of the molecule is c1ccc(-c2cc(-c3ccccc3)cc(N(c3ccc(-c4ccccc4-n4c5ccccc5c5ccccc54)cc3)c3ccc4oc5ccccc5c4c3)c2)cc1. The van der Waals surface area contributed by atoms with Crippen LogP contribution in [0.15, 0.2) is 223 Å². The molecular weight excluding hydrogens is 693 g/mol. The maximum atomic E-state index is 6.29. The van der Waals surface area contributed by atoms with Crippen molar-refractivity contribution in [3.8, 4) is 39.1 Å². The third-order valence-corrected chi connectivity index (χ3v) is 11.2. The zero-order valence-corrected chi connectivity index (χ0v) is 31.1. The van der Waals surface area contributed by atoms with Crippen molar-refractivity contribution < 1.29 is 4.42 Å². The van der Waals surface area contributed by atoms with Crippen molar-refractivity contribution in [1.29, 1.82) is 0 Å². The Balaban J connectivity index is 1.10. The van der Waals surface area contributed by atoms with E-state index >= 15 is 0 Å². The normalized spacial score (nSPS) is 11.5. The predicted molar refractivity (Wildman–Crippen MR) is 239 cm³/mol. The van der Waals surface area contributed by atoms with Gasteiger partial charge >= 0.3 is 0 Å². The first-order valence-electron chi connectivity index (χ1n) is 19.4. The van der Waals surface area contributed by atoms with Gasteiger partial charge in [-0.1, -0.05) is 146 Å². The summed E-state index contributed by atoms with van der Waals surface area (Å²) in [5.41, 5.74) is 15.5. The first-order valence-corrected chi connectivity index (χ1v) is 19.4. The Hall–Kier alpha value is -7.62. The topological polar surface area (TPSA) is 21.3 Å². The van der Waals surface area contributed by atoms with Crippen LogP contribution in [-0.4, -0.2) is 4.57 Å². The Labute approximate surface area is 330 Å². The number of hydrogen-bond acceptors (Lipinski definition) is 2. The molecule has 268 valence electrons. The molecule has 2 heterocycles. The Morgan fingerprint density at radius 3 is 1.51 bits per heavy atom. The molecule has 0 unspecified atom stereocenters. The van der Waals surface area contributed by atoms with Gasteiger partial charge in [-0.05, 0) is 101 Å². The molecule has 11 rings (SSSR count). The van der Waals surface area contributed by atoms with Crippen LogP contribution in [0.5, 0.6) is 0 Å². The van der Waals surface area contributed by atoms with Gasteiger partial charge < -0.3 is 13.9 Å². The molecule has 0 saturated heterocycles. The summed E-state index contributed by atoms with van der Waals surface area (Å²) in [6.45, 7) is 0. The summed E-state index contributed by atoms with van der Waals surface area (Å²) < 4.78 is 8.70. The molecule has 3 nitrogen and oxygen atoms in total. The minimum Gasteiger partial charge on any atom is -0.456 e. The highest BCUT2D eigenvalue weighted by atomic mass is 16.3. The molecule has 0 radical (unpaired) electrons. The van der Waals surface area contributed by atoms with Crippen molar-refractivity contribution >= 4 is 60.8 Å². The largest absolute Gasteiger partial charge is 0.456 e. The molecule has 2 aromatic heterocycles. The molecule has 0 bridgehead atoms. The predicted octanol–water partition coefficient (Wildman–Crippen LogP) is 15.2. The maximum absolute atomic E-state index is 6.29. The number of para-hydroxylation sites is 4.